The molecular weight excluding hydrogens is 402 g/mol. The maximum atomic E-state index is 12.2. The Morgan fingerprint density at radius 2 is 2.00 bits per heavy atom. The number of nitrogens with two attached hydrogens (primary N) is 1. The van der Waals surface area contributed by atoms with Crippen LogP contribution in [0.3, 0.4) is 0 Å². The molecule has 4 rings (SSSR count). The highest BCUT2D eigenvalue weighted by atomic mass is 16.2. The van der Waals surface area contributed by atoms with Crippen molar-refractivity contribution in [1.29, 1.82) is 0 Å². The number of rotatable bonds is 9. The van der Waals surface area contributed by atoms with Crippen molar-refractivity contribution in [2.75, 3.05) is 12.3 Å². The Kier molecular flexibility index (Phi) is 7.39. The quantitative estimate of drug-likeness (QED) is 0.432. The molecule has 32 heavy (non-hydrogen) atoms. The molecule has 0 radical (unpaired) electrons. The number of amides is 2. The summed E-state index contributed by atoms with van der Waals surface area (Å²) in [5.41, 5.74) is 9.61. The third-order valence-corrected chi connectivity index (χ3v) is 6.33. The van der Waals surface area contributed by atoms with Crippen LogP contribution in [0.5, 0.6) is 0 Å². The highest BCUT2D eigenvalue weighted by Crippen LogP contribution is 2.28. The minimum Gasteiger partial charge on any atom is -0.382 e. The van der Waals surface area contributed by atoms with E-state index in [0.29, 0.717) is 18.4 Å². The van der Waals surface area contributed by atoms with Crippen LogP contribution in [0.2, 0.25) is 0 Å². The first-order valence-electron chi connectivity index (χ1n) is 12.1. The van der Waals surface area contributed by atoms with E-state index < -0.39 is 0 Å². The van der Waals surface area contributed by atoms with Crippen molar-refractivity contribution in [1.82, 2.24) is 30.2 Å². The number of pyridine rings is 2. The summed E-state index contributed by atoms with van der Waals surface area (Å²) >= 11 is 0. The van der Waals surface area contributed by atoms with Crippen LogP contribution in [0.4, 0.5) is 10.6 Å². The van der Waals surface area contributed by atoms with Gasteiger partial charge in [-0.15, -0.1) is 0 Å². The Morgan fingerprint density at radius 3 is 2.81 bits per heavy atom. The van der Waals surface area contributed by atoms with E-state index in [4.69, 9.17) is 10.7 Å². The van der Waals surface area contributed by atoms with Gasteiger partial charge in [0.05, 0.1) is 5.52 Å². The molecule has 172 valence electrons. The van der Waals surface area contributed by atoms with Crippen molar-refractivity contribution in [3.8, 4) is 0 Å². The average molecular weight is 438 g/mol. The lowest BCUT2D eigenvalue weighted by Gasteiger charge is -2.22. The fourth-order valence-corrected chi connectivity index (χ4v) is 4.62. The molecule has 1 fully saturated rings. The van der Waals surface area contributed by atoms with Gasteiger partial charge in [-0.1, -0.05) is 32.6 Å². The molecule has 3 aromatic rings. The zero-order valence-corrected chi connectivity index (χ0v) is 19.1. The van der Waals surface area contributed by atoms with Crippen LogP contribution in [0.25, 0.3) is 22.1 Å². The van der Waals surface area contributed by atoms with Crippen molar-refractivity contribution >= 4 is 33.9 Å². The lowest BCUT2D eigenvalue weighted by Crippen LogP contribution is -2.43. The lowest BCUT2D eigenvalue weighted by atomic mass is 9.96. The molecule has 0 bridgehead atoms. The number of hydrogen-bond acceptors (Lipinski definition) is 5. The van der Waals surface area contributed by atoms with Crippen LogP contribution >= 0.6 is 0 Å². The fraction of sp³-hybridized carbons (Fsp3) is 0.583. The van der Waals surface area contributed by atoms with Gasteiger partial charge in [0, 0.05) is 31.7 Å². The summed E-state index contributed by atoms with van der Waals surface area (Å²) < 4.78 is 2.26. The summed E-state index contributed by atoms with van der Waals surface area (Å²) in [4.78, 5) is 26.1. The minimum absolute atomic E-state index is 0.0392. The van der Waals surface area contributed by atoms with Crippen LogP contribution in [-0.4, -0.2) is 38.1 Å². The smallest absolute Gasteiger partial charge is 0.315 e. The van der Waals surface area contributed by atoms with Crippen LogP contribution < -0.4 is 16.4 Å². The molecule has 1 aliphatic carbocycles. The molecule has 0 aromatic carbocycles. The van der Waals surface area contributed by atoms with E-state index in [0.717, 1.165) is 79.4 Å². The first-order chi connectivity index (χ1) is 15.7. The van der Waals surface area contributed by atoms with E-state index in [1.165, 1.54) is 19.3 Å². The summed E-state index contributed by atoms with van der Waals surface area (Å²) in [7, 11) is 0. The Morgan fingerprint density at radius 1 is 1.16 bits per heavy atom. The molecule has 2 amide bonds. The van der Waals surface area contributed by atoms with Gasteiger partial charge >= 0.3 is 6.03 Å². The van der Waals surface area contributed by atoms with E-state index in [-0.39, 0.29) is 6.03 Å². The van der Waals surface area contributed by atoms with Gasteiger partial charge in [0.25, 0.3) is 0 Å². The number of anilines is 1. The summed E-state index contributed by atoms with van der Waals surface area (Å²) in [6.45, 7) is 3.67. The third-order valence-electron chi connectivity index (χ3n) is 6.33. The monoisotopic (exact) mass is 437 g/mol. The van der Waals surface area contributed by atoms with Crippen LogP contribution in [-0.2, 0) is 13.0 Å². The SMILES string of the molecule is CCCCc1nc2c(N)nc3cccnc3c2n1CCCCNC(=O)NC1CCCCC1. The normalized spacial score (nSPS) is 14.8. The zero-order chi connectivity index (χ0) is 22.3. The Balaban J connectivity index is 1.41. The molecular formula is C24H35N7O. The summed E-state index contributed by atoms with van der Waals surface area (Å²) in [5, 5.41) is 6.13. The van der Waals surface area contributed by atoms with E-state index in [9.17, 15) is 4.79 Å². The summed E-state index contributed by atoms with van der Waals surface area (Å²) in [6, 6.07) is 4.11. The number of nitrogens with one attached hydrogen (secondary N) is 2. The number of imidazole rings is 1. The van der Waals surface area contributed by atoms with E-state index in [2.05, 4.69) is 32.1 Å². The van der Waals surface area contributed by atoms with E-state index >= 15 is 0 Å². The van der Waals surface area contributed by atoms with Crippen LogP contribution in [0.15, 0.2) is 18.3 Å². The van der Waals surface area contributed by atoms with Gasteiger partial charge in [0.1, 0.15) is 22.4 Å². The number of aromatic nitrogens is 4. The molecule has 0 unspecified atom stereocenters. The number of nitrogen functional groups attached to an aromatic ring is 1. The van der Waals surface area contributed by atoms with Crippen molar-refractivity contribution in [3.05, 3.63) is 24.2 Å². The molecule has 8 heteroatoms. The molecule has 1 saturated carbocycles. The van der Waals surface area contributed by atoms with Gasteiger partial charge in [-0.2, -0.15) is 0 Å². The number of nitrogens with zero attached hydrogens (tertiary/aromatic N) is 4. The standard InChI is InChI=1S/C24H35N7O/c1-2-3-13-19-30-21-22(20-18(29-23(21)25)12-9-15-26-20)31(19)16-8-7-14-27-24(32)28-17-10-5-4-6-11-17/h9,12,15,17H,2-8,10-11,13-14,16H2,1H3,(H2,25,29)(H2,27,28,32). The second-order valence-electron chi connectivity index (χ2n) is 8.79. The molecule has 0 aliphatic heterocycles. The van der Waals surface area contributed by atoms with Crippen LogP contribution in [0, 0.1) is 0 Å². The van der Waals surface area contributed by atoms with Crippen molar-refractivity contribution in [3.63, 3.8) is 0 Å². The Hall–Kier alpha value is -2.90. The van der Waals surface area contributed by atoms with Crippen molar-refractivity contribution in [2.45, 2.75) is 83.7 Å². The number of unbranched alkanes of at least 4 members (excludes halogenated alkanes) is 2. The predicted molar refractivity (Wildman–Crippen MR) is 128 cm³/mol. The number of carbonyl (C=O) groups is 1. The van der Waals surface area contributed by atoms with E-state index in [1.807, 2.05) is 12.1 Å². The molecule has 3 aromatic heterocycles. The lowest BCUT2D eigenvalue weighted by molar-refractivity contribution is 0.232. The molecule has 0 saturated heterocycles. The third kappa shape index (κ3) is 5.11. The Labute approximate surface area is 189 Å². The number of fused-ring (bicyclic) bond motifs is 3. The number of carbonyl (C=O) groups excluding carboxylic acids is 1. The predicted octanol–water partition coefficient (Wildman–Crippen LogP) is 4.32. The van der Waals surface area contributed by atoms with E-state index in [1.54, 1.807) is 6.20 Å². The fourth-order valence-electron chi connectivity index (χ4n) is 4.62. The van der Waals surface area contributed by atoms with Crippen molar-refractivity contribution in [2.24, 2.45) is 0 Å². The Bertz CT molecular complexity index is 1060. The highest BCUT2D eigenvalue weighted by Gasteiger charge is 2.18. The van der Waals surface area contributed by atoms with Gasteiger partial charge in [0.15, 0.2) is 5.82 Å². The van der Waals surface area contributed by atoms with Gasteiger partial charge in [-0.3, -0.25) is 4.98 Å². The molecule has 0 atom stereocenters. The maximum absolute atomic E-state index is 12.2. The van der Waals surface area contributed by atoms with Gasteiger partial charge < -0.3 is 20.9 Å². The van der Waals surface area contributed by atoms with Crippen LogP contribution in [0.1, 0.15) is 70.5 Å². The first-order valence-corrected chi connectivity index (χ1v) is 12.1. The molecule has 4 N–H and O–H groups in total. The molecule has 1 aliphatic rings. The zero-order valence-electron chi connectivity index (χ0n) is 19.1. The van der Waals surface area contributed by atoms with Crippen molar-refractivity contribution < 1.29 is 4.79 Å². The van der Waals surface area contributed by atoms with Gasteiger partial charge in [0.2, 0.25) is 0 Å². The summed E-state index contributed by atoms with van der Waals surface area (Å²) in [6.07, 6.45) is 12.6. The van der Waals surface area contributed by atoms with Gasteiger partial charge in [-0.25, -0.2) is 14.8 Å². The molecule has 8 nitrogen and oxygen atoms in total. The second-order valence-corrected chi connectivity index (χ2v) is 8.79. The highest BCUT2D eigenvalue weighted by molar-refractivity contribution is 6.04. The number of urea groups is 1. The minimum atomic E-state index is -0.0392. The maximum Gasteiger partial charge on any atom is 0.315 e. The molecule has 0 spiro atoms. The largest absolute Gasteiger partial charge is 0.382 e. The molecule has 3 heterocycles. The first kappa shape index (κ1) is 22.3. The summed E-state index contributed by atoms with van der Waals surface area (Å²) in [5.74, 6) is 1.49. The van der Waals surface area contributed by atoms with Gasteiger partial charge in [-0.05, 0) is 44.2 Å². The average Bonchev–Trinajstić information content (AvgIpc) is 3.17. The number of aryl methyl sites for hydroxylation is 2. The second kappa shape index (κ2) is 10.6. The number of hydrogen-bond donors (Lipinski definition) is 3. The topological polar surface area (TPSA) is 111 Å².